The summed E-state index contributed by atoms with van der Waals surface area (Å²) in [4.78, 5) is 133. The van der Waals surface area contributed by atoms with Crippen LogP contribution >= 0.6 is 0 Å². The van der Waals surface area contributed by atoms with E-state index >= 15 is 0 Å². The van der Waals surface area contributed by atoms with Crippen molar-refractivity contribution < 1.29 is 148 Å². The van der Waals surface area contributed by atoms with Crippen LogP contribution < -0.4 is 58.5 Å². The van der Waals surface area contributed by atoms with Crippen molar-refractivity contribution in [1.29, 1.82) is 49.8 Å². The number of fused-ring (bicyclic) bond motifs is 2. The Bertz CT molecular complexity index is 4460. The summed E-state index contributed by atoms with van der Waals surface area (Å²) in [6.45, 7) is 8.65. The number of hydrogen-bond acceptors (Lipinski definition) is 58. The van der Waals surface area contributed by atoms with Gasteiger partial charge in [-0.2, -0.15) is 46.0 Å². The van der Waals surface area contributed by atoms with Gasteiger partial charge in [0, 0.05) is 137 Å². The second-order valence-corrected chi connectivity index (χ2v) is 32.5. The first kappa shape index (κ1) is 132. The van der Waals surface area contributed by atoms with Crippen LogP contribution in [-0.2, 0) is 143 Å². The standard InChI is InChI=1S/C90H147N29O31/c1-60(122)143-79(35-101-25-70(111-91)34-110-88(130)12-10-9-11-15-109-90(131)89-69-14-13-68(24-69)87(89)43-121)52-136-45-72(113-93)27-103-37-81(145-62(3)124)54-138-47-74(115-95)29-105-39-83(147-64(5)126)56-140-49-76(117-97)31-107-41-85(149-66(7)128)58-142-51-78(119-99)33-108-42-86(150-67(8)129)59-141-50-77(118-98)32-106-40-84(148-65(6)127)57-139-48-75(116-96)30-104-38-82(146-63(4)125)55-137-46-73(114-94)28-102-36-80(144-61(2)123)53-135-44-71(112-92)26-100-16-18-132-20-22-134-23-21-133-19-17-120/h13-14,25-33,43,68-69,79-87,89,91-108,120H,9-12,15-24,34-42,44-59H2,1-8H3,(H,109,131)(H,110,130)/b70-25-,71-26-,72-27-,73-28-,74-29-,75-30-,76-31-,77-32-,78-33-,111-91?,112-92?,113-93?,114-94?,115-95?,116-96?,117-97?,118-98?,119-99?/t68?,69?,79-,80-,81-,82-,83-,84-,85-,86-,87?,89?/m1/s1. The highest BCUT2D eigenvalue weighted by molar-refractivity contribution is 5.84. The number of aldehydes is 1. The third-order valence-corrected chi connectivity index (χ3v) is 19.8. The molecule has 0 aliphatic heterocycles. The van der Waals surface area contributed by atoms with E-state index in [0.717, 1.165) is 12.7 Å². The summed E-state index contributed by atoms with van der Waals surface area (Å²) in [5.74, 6) is -5.90. The molecule has 60 nitrogen and oxygen atoms in total. The quantitative estimate of drug-likeness (QED) is 0.0101. The van der Waals surface area contributed by atoms with Crippen molar-refractivity contribution in [2.24, 2.45) is 69.7 Å². The monoisotopic (exact) mass is 2130 g/mol. The maximum absolute atomic E-state index is 12.8. The summed E-state index contributed by atoms with van der Waals surface area (Å²) in [7, 11) is 0. The van der Waals surface area contributed by atoms with Crippen LogP contribution in [0, 0.1) is 73.5 Å². The van der Waals surface area contributed by atoms with Gasteiger partial charge in [-0.25, -0.2) is 49.8 Å². The van der Waals surface area contributed by atoms with Gasteiger partial charge in [0.1, 0.15) is 101 Å². The fourth-order valence-corrected chi connectivity index (χ4v) is 13.3. The highest BCUT2D eigenvalue weighted by Gasteiger charge is 2.48. The van der Waals surface area contributed by atoms with Crippen LogP contribution in [-0.4, -0.2) is 344 Å². The molecule has 838 valence electrons. The average Bonchev–Trinajstić information content (AvgIpc) is 1.63. The minimum atomic E-state index is -0.930. The van der Waals surface area contributed by atoms with Crippen molar-refractivity contribution in [2.75, 3.05) is 224 Å². The number of aliphatic hydroxyl groups is 1. The highest BCUT2D eigenvalue weighted by Crippen LogP contribution is 2.47. The van der Waals surface area contributed by atoms with Crippen molar-refractivity contribution in [1.82, 2.24) is 58.5 Å². The fraction of sp³-hybridized carbons (Fsp3) is 0.656. The predicted molar refractivity (Wildman–Crippen MR) is 520 cm³/mol. The van der Waals surface area contributed by atoms with E-state index in [1.54, 1.807) is 0 Å². The third-order valence-electron chi connectivity index (χ3n) is 19.8. The molecule has 0 radical (unpaired) electrons. The van der Waals surface area contributed by atoms with Crippen LogP contribution in [0.3, 0.4) is 0 Å². The van der Waals surface area contributed by atoms with Crippen LogP contribution in [0.4, 0.5) is 0 Å². The minimum absolute atomic E-state index is 0.00764. The highest BCUT2D eigenvalue weighted by atomic mass is 16.6. The summed E-state index contributed by atoms with van der Waals surface area (Å²) < 4.78 is 105. The number of carbonyl (C=O) groups excluding carboxylic acids is 11. The van der Waals surface area contributed by atoms with Crippen molar-refractivity contribution in [3.8, 4) is 0 Å². The smallest absolute Gasteiger partial charge is 0.303 e. The summed E-state index contributed by atoms with van der Waals surface area (Å²) in [5.41, 5.74) is 69.9. The van der Waals surface area contributed by atoms with Gasteiger partial charge in [0.15, 0.2) is 0 Å². The van der Waals surface area contributed by atoms with Gasteiger partial charge in [-0.05, 0) is 31.1 Å². The van der Waals surface area contributed by atoms with Gasteiger partial charge in [-0.1, -0.05) is 18.6 Å². The molecule has 12 atom stereocenters. The van der Waals surface area contributed by atoms with Gasteiger partial charge < -0.3 is 158 Å². The number of unbranched alkanes of at least 4 members (excludes halogenated alkanes) is 2. The molecule has 0 spiro atoms. The first-order valence-electron chi connectivity index (χ1n) is 47.6. The first-order chi connectivity index (χ1) is 72.4. The third kappa shape index (κ3) is 67.7. The summed E-state index contributed by atoms with van der Waals surface area (Å²) in [5, 5.41) is 71.7. The minimum Gasteiger partial charge on any atom is -0.458 e. The Kier molecular flexibility index (Phi) is 74.6. The molecule has 2 bridgehead atoms. The average molecular weight is 2130 g/mol. The molecule has 2 aliphatic carbocycles. The van der Waals surface area contributed by atoms with Crippen molar-refractivity contribution in [2.45, 2.75) is 136 Å². The molecule has 0 aromatic rings. The number of ether oxygens (including phenoxy) is 19. The Balaban J connectivity index is 1.84. The maximum Gasteiger partial charge on any atom is 0.303 e. The molecular weight excluding hydrogens is 1980 g/mol. The molecule has 0 heterocycles. The number of nitrogens with one attached hydrogen (secondary N) is 20. The lowest BCUT2D eigenvalue weighted by Crippen LogP contribution is -2.38. The van der Waals surface area contributed by atoms with E-state index in [1.807, 2.05) is 12.2 Å². The number of carbonyl (C=O) groups is 11. The Morgan fingerprint density at radius 2 is 0.540 bits per heavy atom. The molecule has 0 aromatic heterocycles. The molecule has 2 amide bonds. The molecule has 4 unspecified atom stereocenters. The second-order valence-electron chi connectivity index (χ2n) is 32.5. The summed E-state index contributed by atoms with van der Waals surface area (Å²) in [6.07, 6.45) is 12.9. The molecule has 1 saturated carbocycles. The SMILES string of the molecule is CC(=O)O[C@H](CN/C=C(/COC[C@@H](CN/C=C(/COC[C@@H](CN/C=C(/COC[C@@H](CN/C=C(/COC[C@@H](CN/C=C(/COC[C@@H](CN/C=C(/COC[C@@H](CN/C=C(/COC[C@@H](CN/C=C(/CNC(=O)CCCCCNC(=O)C1C2C=CC(C2)C1C=O)N=N)OC(C)=O)N=N)OC(C)=O)N=N)OC(C)=O)N=N)OC(C)=O)N=N)OC(C)=O)N=N)OC(C)=O)N=N)OC(C)=O)N=N)COC/C(=C/NCCOCCOCCOCCO)N=N. The number of rotatable bonds is 95. The van der Waals surface area contributed by atoms with E-state index < -0.39 is 96.6 Å². The predicted octanol–water partition coefficient (Wildman–Crippen LogP) is 4.20. The van der Waals surface area contributed by atoms with Crippen LogP contribution in [0.1, 0.15) is 87.5 Å². The second kappa shape index (κ2) is 84.8. The molecule has 150 heavy (non-hydrogen) atoms. The van der Waals surface area contributed by atoms with Gasteiger partial charge in [-0.3, -0.25) is 47.9 Å². The van der Waals surface area contributed by atoms with Crippen LogP contribution in [0.25, 0.3) is 0 Å². The van der Waals surface area contributed by atoms with Gasteiger partial charge in [-0.15, -0.1) is 0 Å². The lowest BCUT2D eigenvalue weighted by molar-refractivity contribution is -0.149. The van der Waals surface area contributed by atoms with E-state index in [9.17, 15) is 52.7 Å². The largest absolute Gasteiger partial charge is 0.458 e. The molecule has 0 aromatic carbocycles. The number of aliphatic hydroxyl groups excluding tert-OH is 1. The topological polar surface area (TPSA) is 842 Å². The van der Waals surface area contributed by atoms with Gasteiger partial charge in [0.05, 0.1) is 222 Å². The number of hydrogen-bond donors (Lipinski definition) is 21. The van der Waals surface area contributed by atoms with Gasteiger partial charge >= 0.3 is 47.8 Å². The molecule has 1 fully saturated rings. The molecule has 2 aliphatic rings. The van der Waals surface area contributed by atoms with Crippen molar-refractivity contribution >= 4 is 65.9 Å². The van der Waals surface area contributed by atoms with E-state index in [0.29, 0.717) is 65.4 Å². The number of esters is 8. The lowest BCUT2D eigenvalue weighted by atomic mass is 9.83. The number of amides is 2. The van der Waals surface area contributed by atoms with Crippen molar-refractivity contribution in [3.05, 3.63) is 119 Å². The Morgan fingerprint density at radius 3 is 0.787 bits per heavy atom. The molecule has 21 N–H and O–H groups in total. The van der Waals surface area contributed by atoms with E-state index in [4.69, 9.17) is 145 Å². The molecular formula is C90H147N29O31. The zero-order valence-corrected chi connectivity index (χ0v) is 85.7. The van der Waals surface area contributed by atoms with Crippen LogP contribution in [0.2, 0.25) is 0 Å². The zero-order chi connectivity index (χ0) is 111. The van der Waals surface area contributed by atoms with Crippen LogP contribution in [0.15, 0.2) is 165 Å². The van der Waals surface area contributed by atoms with Gasteiger partial charge in [0.25, 0.3) is 0 Å². The normalized spacial score (nSPS) is 16.4. The Hall–Kier alpha value is -14.1. The lowest BCUT2D eigenvalue weighted by Gasteiger charge is -2.22. The summed E-state index contributed by atoms with van der Waals surface area (Å²) >= 11 is 0. The Morgan fingerprint density at radius 1 is 0.300 bits per heavy atom. The molecule has 60 heteroatoms. The number of nitrogens with zero attached hydrogens (tertiary/aromatic N) is 9. The van der Waals surface area contributed by atoms with E-state index in [2.05, 4.69) is 105 Å². The van der Waals surface area contributed by atoms with Crippen molar-refractivity contribution in [3.63, 3.8) is 0 Å². The maximum atomic E-state index is 12.8. The fourth-order valence-electron chi connectivity index (χ4n) is 13.3. The van der Waals surface area contributed by atoms with E-state index in [-0.39, 0.29) is 271 Å². The Labute approximate surface area is 867 Å². The molecule has 2 rings (SSSR count). The zero-order valence-electron chi connectivity index (χ0n) is 85.7. The first-order valence-corrected chi connectivity index (χ1v) is 47.6. The number of allylic oxidation sites excluding steroid dienone is 2. The van der Waals surface area contributed by atoms with Crippen LogP contribution in [0.5, 0.6) is 0 Å². The van der Waals surface area contributed by atoms with E-state index in [1.165, 1.54) is 111 Å². The van der Waals surface area contributed by atoms with Gasteiger partial charge in [0.2, 0.25) is 11.8 Å². The molecule has 0 saturated heterocycles. The summed E-state index contributed by atoms with van der Waals surface area (Å²) in [6, 6.07) is 0.